The fraction of sp³-hybridized carbons (Fsp3) is 0.600. The van der Waals surface area contributed by atoms with Crippen LogP contribution in [0.15, 0.2) is 16.7 Å². The number of anilines is 1. The summed E-state index contributed by atoms with van der Waals surface area (Å²) in [4.78, 5) is 15.6. The van der Waals surface area contributed by atoms with Crippen molar-refractivity contribution < 1.29 is 18.3 Å². The van der Waals surface area contributed by atoms with Crippen molar-refractivity contribution in [3.63, 3.8) is 0 Å². The van der Waals surface area contributed by atoms with Gasteiger partial charge in [-0.3, -0.25) is 0 Å². The van der Waals surface area contributed by atoms with Gasteiger partial charge in [0.25, 0.3) is 6.43 Å². The second-order valence-corrected chi connectivity index (χ2v) is 7.44. The van der Waals surface area contributed by atoms with Crippen LogP contribution >= 0.6 is 15.9 Å². The van der Waals surface area contributed by atoms with Crippen molar-refractivity contribution in [2.75, 3.05) is 11.9 Å². The van der Waals surface area contributed by atoms with Crippen LogP contribution in [-0.2, 0) is 4.74 Å². The molecule has 1 aromatic rings. The number of hydrogen-bond acceptors (Lipinski definition) is 4. The molecule has 0 atom stereocenters. The quantitative estimate of drug-likeness (QED) is 0.736. The summed E-state index contributed by atoms with van der Waals surface area (Å²) in [5, 5.41) is 5.77. The van der Waals surface area contributed by atoms with Crippen LogP contribution in [0.3, 0.4) is 0 Å². The van der Waals surface area contributed by atoms with Gasteiger partial charge >= 0.3 is 6.09 Å². The van der Waals surface area contributed by atoms with Crippen LogP contribution in [0, 0.1) is 0 Å². The minimum atomic E-state index is -2.68. The number of aromatic nitrogens is 1. The predicted octanol–water partition coefficient (Wildman–Crippen LogP) is 4.25. The lowest BCUT2D eigenvalue weighted by molar-refractivity contribution is 0.0499. The van der Waals surface area contributed by atoms with Crippen molar-refractivity contribution in [3.05, 3.63) is 22.4 Å². The SMILES string of the molecule is CC(C)(C)OC(=O)NC1(CNc2ccc(Br)nc2C(F)F)CC1. The van der Waals surface area contributed by atoms with E-state index in [-0.39, 0.29) is 11.4 Å². The normalized spacial score (nSPS) is 16.1. The summed E-state index contributed by atoms with van der Waals surface area (Å²) < 4.78 is 31.6. The number of ether oxygens (including phenoxy) is 1. The van der Waals surface area contributed by atoms with Crippen molar-refractivity contribution in [1.29, 1.82) is 0 Å². The van der Waals surface area contributed by atoms with Gasteiger partial charge in [0.1, 0.15) is 15.9 Å². The van der Waals surface area contributed by atoms with E-state index >= 15 is 0 Å². The zero-order valence-electron chi connectivity index (χ0n) is 13.3. The number of rotatable bonds is 5. The summed E-state index contributed by atoms with van der Waals surface area (Å²) in [5.74, 6) is 0. The molecule has 1 amide bonds. The Morgan fingerprint density at radius 2 is 2.09 bits per heavy atom. The molecule has 1 fully saturated rings. The number of halogens is 3. The molecule has 1 aliphatic carbocycles. The highest BCUT2D eigenvalue weighted by Crippen LogP contribution is 2.36. The van der Waals surface area contributed by atoms with E-state index in [2.05, 4.69) is 31.5 Å². The molecule has 0 unspecified atom stereocenters. The topological polar surface area (TPSA) is 63.2 Å². The molecule has 23 heavy (non-hydrogen) atoms. The number of nitrogens with zero attached hydrogens (tertiary/aromatic N) is 1. The lowest BCUT2D eigenvalue weighted by Gasteiger charge is -2.24. The van der Waals surface area contributed by atoms with Crippen molar-refractivity contribution in [1.82, 2.24) is 10.3 Å². The average Bonchev–Trinajstić information content (AvgIpc) is 3.14. The highest BCUT2D eigenvalue weighted by atomic mass is 79.9. The Morgan fingerprint density at radius 1 is 1.43 bits per heavy atom. The summed E-state index contributed by atoms with van der Waals surface area (Å²) in [7, 11) is 0. The minimum Gasteiger partial charge on any atom is -0.444 e. The molecule has 0 radical (unpaired) electrons. The van der Waals surface area contributed by atoms with Gasteiger partial charge in [0, 0.05) is 6.54 Å². The average molecular weight is 392 g/mol. The van der Waals surface area contributed by atoms with E-state index in [0.29, 0.717) is 11.1 Å². The lowest BCUT2D eigenvalue weighted by Crippen LogP contribution is -2.44. The number of carbonyl (C=O) groups excluding carboxylic acids is 1. The standard InChI is InChI=1S/C15H20BrF2N3O2/c1-14(2,3)23-13(22)21-15(6-7-15)8-19-9-4-5-10(16)20-11(9)12(17)18/h4-5,12,19H,6-8H2,1-3H3,(H,21,22). The van der Waals surface area contributed by atoms with Crippen LogP contribution in [0.4, 0.5) is 19.3 Å². The number of pyridine rings is 1. The Labute approximate surface area is 142 Å². The van der Waals surface area contributed by atoms with E-state index in [1.165, 1.54) is 0 Å². The first-order valence-electron chi connectivity index (χ1n) is 7.30. The highest BCUT2D eigenvalue weighted by molar-refractivity contribution is 9.10. The smallest absolute Gasteiger partial charge is 0.408 e. The zero-order valence-corrected chi connectivity index (χ0v) is 14.8. The van der Waals surface area contributed by atoms with E-state index in [9.17, 15) is 13.6 Å². The van der Waals surface area contributed by atoms with E-state index in [4.69, 9.17) is 4.74 Å². The number of carbonyl (C=O) groups is 1. The summed E-state index contributed by atoms with van der Waals surface area (Å²) in [5.41, 5.74) is -1.08. The second kappa shape index (κ2) is 6.59. The van der Waals surface area contributed by atoms with Crippen LogP contribution in [0.2, 0.25) is 0 Å². The second-order valence-electron chi connectivity index (χ2n) is 6.63. The maximum absolute atomic E-state index is 13.0. The fourth-order valence-electron chi connectivity index (χ4n) is 2.05. The molecule has 5 nitrogen and oxygen atoms in total. The highest BCUT2D eigenvalue weighted by Gasteiger charge is 2.45. The Kier molecular flexibility index (Phi) is 5.13. The Morgan fingerprint density at radius 3 is 2.61 bits per heavy atom. The van der Waals surface area contributed by atoms with Crippen molar-refractivity contribution >= 4 is 27.7 Å². The van der Waals surface area contributed by atoms with Crippen LogP contribution < -0.4 is 10.6 Å². The molecular formula is C15H20BrF2N3O2. The van der Waals surface area contributed by atoms with E-state index < -0.39 is 23.7 Å². The molecule has 0 aromatic carbocycles. The number of amides is 1. The van der Waals surface area contributed by atoms with Gasteiger partial charge in [-0.2, -0.15) is 0 Å². The molecule has 1 aromatic heterocycles. The molecular weight excluding hydrogens is 372 g/mol. The summed E-state index contributed by atoms with van der Waals surface area (Å²) >= 11 is 3.08. The van der Waals surface area contributed by atoms with Gasteiger partial charge < -0.3 is 15.4 Å². The van der Waals surface area contributed by atoms with Crippen LogP contribution in [-0.4, -0.2) is 28.8 Å². The molecule has 1 heterocycles. The molecule has 1 aliphatic rings. The Balaban J connectivity index is 1.97. The summed E-state index contributed by atoms with van der Waals surface area (Å²) in [6.07, 6.45) is -1.63. The molecule has 0 bridgehead atoms. The molecule has 0 saturated heterocycles. The molecule has 8 heteroatoms. The van der Waals surface area contributed by atoms with Crippen molar-refractivity contribution in [2.45, 2.75) is 51.2 Å². The maximum Gasteiger partial charge on any atom is 0.408 e. The summed E-state index contributed by atoms with van der Waals surface area (Å²) in [6.45, 7) is 5.70. The first-order chi connectivity index (χ1) is 10.6. The van der Waals surface area contributed by atoms with Crippen molar-refractivity contribution in [2.24, 2.45) is 0 Å². The predicted molar refractivity (Wildman–Crippen MR) is 86.7 cm³/mol. The monoisotopic (exact) mass is 391 g/mol. The van der Waals surface area contributed by atoms with Gasteiger partial charge in [0.05, 0.1) is 11.2 Å². The lowest BCUT2D eigenvalue weighted by atomic mass is 10.2. The molecule has 0 spiro atoms. The largest absolute Gasteiger partial charge is 0.444 e. The number of alkyl halides is 2. The van der Waals surface area contributed by atoms with Crippen LogP contribution in [0.25, 0.3) is 0 Å². The van der Waals surface area contributed by atoms with Gasteiger partial charge in [-0.15, -0.1) is 0 Å². The van der Waals surface area contributed by atoms with Gasteiger partial charge in [0.2, 0.25) is 0 Å². The van der Waals surface area contributed by atoms with E-state index in [1.807, 2.05) is 0 Å². The molecule has 1 saturated carbocycles. The first-order valence-corrected chi connectivity index (χ1v) is 8.09. The molecule has 128 valence electrons. The van der Waals surface area contributed by atoms with Crippen LogP contribution in [0.1, 0.15) is 45.7 Å². The molecule has 2 rings (SSSR count). The molecule has 2 N–H and O–H groups in total. The number of nitrogens with one attached hydrogen (secondary N) is 2. The van der Waals surface area contributed by atoms with E-state index in [0.717, 1.165) is 12.8 Å². The summed E-state index contributed by atoms with van der Waals surface area (Å²) in [6, 6.07) is 3.14. The Bertz CT molecular complexity index is 587. The van der Waals surface area contributed by atoms with Gasteiger partial charge in [0.15, 0.2) is 0 Å². The molecule has 0 aliphatic heterocycles. The Hall–Kier alpha value is -1.44. The van der Waals surface area contributed by atoms with E-state index in [1.54, 1.807) is 32.9 Å². The third-order valence-electron chi connectivity index (χ3n) is 3.33. The fourth-order valence-corrected chi connectivity index (χ4v) is 2.37. The minimum absolute atomic E-state index is 0.264. The van der Waals surface area contributed by atoms with Crippen molar-refractivity contribution in [3.8, 4) is 0 Å². The maximum atomic E-state index is 13.0. The number of alkyl carbamates (subject to hydrolysis) is 1. The zero-order chi connectivity index (χ0) is 17.3. The number of hydrogen-bond donors (Lipinski definition) is 2. The third kappa shape index (κ3) is 5.30. The van der Waals surface area contributed by atoms with Gasteiger partial charge in [-0.25, -0.2) is 18.6 Å². The first kappa shape index (κ1) is 17.9. The third-order valence-corrected chi connectivity index (χ3v) is 3.78. The van der Waals surface area contributed by atoms with Crippen LogP contribution in [0.5, 0.6) is 0 Å². The van der Waals surface area contributed by atoms with Gasteiger partial charge in [-0.1, -0.05) is 0 Å². The van der Waals surface area contributed by atoms with Gasteiger partial charge in [-0.05, 0) is 61.7 Å².